The summed E-state index contributed by atoms with van der Waals surface area (Å²) in [5.41, 5.74) is 8.60. The lowest BCUT2D eigenvalue weighted by Crippen LogP contribution is -2.07. The second kappa shape index (κ2) is 10.7. The molecule has 7 aromatic carbocycles. The third-order valence-electron chi connectivity index (χ3n) is 9.65. The molecule has 230 valence electrons. The highest BCUT2D eigenvalue weighted by Crippen LogP contribution is 2.43. The van der Waals surface area contributed by atoms with Gasteiger partial charge in [0.25, 0.3) is 0 Å². The molecule has 0 fully saturated rings. The zero-order chi connectivity index (χ0) is 32.5. The lowest BCUT2D eigenvalue weighted by Gasteiger charge is -2.14. The van der Waals surface area contributed by atoms with Crippen LogP contribution in [-0.2, 0) is 0 Å². The summed E-state index contributed by atoms with van der Waals surface area (Å²) in [6, 6.07) is 55.3. The molecule has 0 aliphatic rings. The third kappa shape index (κ3) is 4.22. The number of nitrogens with zero attached hydrogens (tertiary/aromatic N) is 5. The fraction of sp³-hybridized carbons (Fsp3) is 0.0227. The Kier molecular flexibility index (Phi) is 6.02. The molecule has 0 radical (unpaired) electrons. The lowest BCUT2D eigenvalue weighted by molar-refractivity contribution is 0.953. The van der Waals surface area contributed by atoms with Crippen molar-refractivity contribution in [3.05, 3.63) is 163 Å². The molecule has 0 spiro atoms. The van der Waals surface area contributed by atoms with Crippen LogP contribution in [0, 0.1) is 6.92 Å². The highest BCUT2D eigenvalue weighted by molar-refractivity contribution is 6.24. The Morgan fingerprint density at radius 1 is 0.429 bits per heavy atom. The van der Waals surface area contributed by atoms with Crippen LogP contribution in [0.3, 0.4) is 0 Å². The van der Waals surface area contributed by atoms with Crippen LogP contribution in [0.15, 0.2) is 158 Å². The maximum atomic E-state index is 5.30. The first kappa shape index (κ1) is 27.5. The van der Waals surface area contributed by atoms with E-state index in [1.807, 2.05) is 18.2 Å². The third-order valence-corrected chi connectivity index (χ3v) is 9.65. The van der Waals surface area contributed by atoms with E-state index in [4.69, 9.17) is 15.0 Å². The van der Waals surface area contributed by atoms with Crippen LogP contribution < -0.4 is 0 Å². The van der Waals surface area contributed by atoms with Crippen molar-refractivity contribution >= 4 is 54.4 Å². The molecule has 3 aromatic heterocycles. The predicted molar refractivity (Wildman–Crippen MR) is 202 cm³/mol. The van der Waals surface area contributed by atoms with Crippen LogP contribution in [0.2, 0.25) is 0 Å². The van der Waals surface area contributed by atoms with Crippen LogP contribution in [-0.4, -0.2) is 24.1 Å². The van der Waals surface area contributed by atoms with Crippen LogP contribution in [0.4, 0.5) is 0 Å². The Balaban J connectivity index is 1.38. The molecule has 0 unspecified atom stereocenters. The van der Waals surface area contributed by atoms with Crippen LogP contribution >= 0.6 is 0 Å². The minimum Gasteiger partial charge on any atom is -0.307 e. The van der Waals surface area contributed by atoms with Crippen molar-refractivity contribution in [1.82, 2.24) is 24.1 Å². The number of rotatable bonds is 4. The van der Waals surface area contributed by atoms with E-state index in [0.717, 1.165) is 49.7 Å². The van der Waals surface area contributed by atoms with Gasteiger partial charge in [-0.25, -0.2) is 4.98 Å². The molecular formula is C44H29N5. The molecule has 0 atom stereocenters. The summed E-state index contributed by atoms with van der Waals surface area (Å²) in [5, 5.41) is 7.08. The smallest absolute Gasteiger partial charge is 0.238 e. The molecule has 0 amide bonds. The molecule has 49 heavy (non-hydrogen) atoms. The number of hydrogen-bond donors (Lipinski definition) is 0. The summed E-state index contributed by atoms with van der Waals surface area (Å²) in [7, 11) is 0. The number of aryl methyl sites for hydroxylation is 1. The van der Waals surface area contributed by atoms with Crippen molar-refractivity contribution in [2.24, 2.45) is 0 Å². The highest BCUT2D eigenvalue weighted by atomic mass is 15.2. The first-order valence-corrected chi connectivity index (χ1v) is 16.6. The molecule has 10 aromatic rings. The number of para-hydroxylation sites is 3. The standard InChI is InChI=1S/C44H29N5/c1-28-26-36-34-20-10-12-22-37(34)48(33-18-6-3-7-19-33)40(36)41-39(28)35-21-11-13-23-38(35)49(41)44-46-42(30-15-4-2-5-16-30)45-43(47-44)32-25-24-29-14-8-9-17-31(29)27-32/h2-27H,1H3. The minimum atomic E-state index is 0.583. The molecule has 5 heteroatoms. The van der Waals surface area contributed by atoms with E-state index in [1.54, 1.807) is 0 Å². The maximum Gasteiger partial charge on any atom is 0.238 e. The van der Waals surface area contributed by atoms with E-state index >= 15 is 0 Å². The average Bonchev–Trinajstić information content (AvgIpc) is 3.69. The number of benzene rings is 7. The Hall–Kier alpha value is -6.59. The van der Waals surface area contributed by atoms with Gasteiger partial charge >= 0.3 is 0 Å². The Bertz CT molecular complexity index is 2880. The van der Waals surface area contributed by atoms with Gasteiger partial charge in [-0.2, -0.15) is 9.97 Å². The van der Waals surface area contributed by atoms with Gasteiger partial charge < -0.3 is 4.57 Å². The van der Waals surface area contributed by atoms with Gasteiger partial charge in [-0.1, -0.05) is 121 Å². The van der Waals surface area contributed by atoms with E-state index < -0.39 is 0 Å². The van der Waals surface area contributed by atoms with Gasteiger partial charge in [0.05, 0.1) is 22.1 Å². The molecule has 5 nitrogen and oxygen atoms in total. The molecule has 0 aliphatic heterocycles. The molecule has 3 heterocycles. The van der Waals surface area contributed by atoms with Crippen molar-refractivity contribution in [3.8, 4) is 34.4 Å². The van der Waals surface area contributed by atoms with E-state index in [1.165, 1.54) is 27.1 Å². The molecular weight excluding hydrogens is 599 g/mol. The first-order chi connectivity index (χ1) is 24.2. The number of aromatic nitrogens is 5. The van der Waals surface area contributed by atoms with Crippen molar-refractivity contribution in [1.29, 1.82) is 0 Å². The Morgan fingerprint density at radius 2 is 1.04 bits per heavy atom. The summed E-state index contributed by atoms with van der Waals surface area (Å²) in [5.74, 6) is 1.85. The van der Waals surface area contributed by atoms with E-state index in [-0.39, 0.29) is 0 Å². The normalized spacial score (nSPS) is 11.8. The quantitative estimate of drug-likeness (QED) is 0.195. The van der Waals surface area contributed by atoms with Crippen molar-refractivity contribution < 1.29 is 0 Å². The second-order valence-corrected chi connectivity index (χ2v) is 12.6. The SMILES string of the molecule is Cc1cc2c3ccccc3n(-c3ccccc3)c2c2c1c1ccccc1n2-c1nc(-c2ccccc2)nc(-c2ccc3ccccc3c2)n1. The van der Waals surface area contributed by atoms with Gasteiger partial charge in [-0.3, -0.25) is 4.57 Å². The fourth-order valence-electron chi connectivity index (χ4n) is 7.49. The van der Waals surface area contributed by atoms with E-state index in [2.05, 4.69) is 156 Å². The summed E-state index contributed by atoms with van der Waals surface area (Å²) < 4.78 is 4.66. The summed E-state index contributed by atoms with van der Waals surface area (Å²) in [6.07, 6.45) is 0. The lowest BCUT2D eigenvalue weighted by atomic mass is 10.0. The van der Waals surface area contributed by atoms with Gasteiger partial charge in [0.1, 0.15) is 0 Å². The van der Waals surface area contributed by atoms with Crippen molar-refractivity contribution in [2.45, 2.75) is 6.92 Å². The van der Waals surface area contributed by atoms with Gasteiger partial charge in [0.15, 0.2) is 11.6 Å². The molecule has 0 aliphatic carbocycles. The van der Waals surface area contributed by atoms with Gasteiger partial charge in [0.2, 0.25) is 5.95 Å². The molecule has 10 rings (SSSR count). The topological polar surface area (TPSA) is 48.5 Å². The summed E-state index contributed by atoms with van der Waals surface area (Å²) in [6.45, 7) is 2.22. The Morgan fingerprint density at radius 3 is 1.82 bits per heavy atom. The van der Waals surface area contributed by atoms with Crippen LogP contribution in [0.1, 0.15) is 5.56 Å². The molecule has 0 N–H and O–H groups in total. The minimum absolute atomic E-state index is 0.583. The predicted octanol–water partition coefficient (Wildman–Crippen LogP) is 10.9. The molecule has 0 bridgehead atoms. The monoisotopic (exact) mass is 627 g/mol. The van der Waals surface area contributed by atoms with Crippen LogP contribution in [0.25, 0.3) is 88.8 Å². The zero-order valence-corrected chi connectivity index (χ0v) is 26.7. The largest absolute Gasteiger partial charge is 0.307 e. The van der Waals surface area contributed by atoms with Crippen molar-refractivity contribution in [3.63, 3.8) is 0 Å². The zero-order valence-electron chi connectivity index (χ0n) is 26.7. The van der Waals surface area contributed by atoms with E-state index in [0.29, 0.717) is 17.6 Å². The number of fused-ring (bicyclic) bond motifs is 8. The second-order valence-electron chi connectivity index (χ2n) is 12.6. The summed E-state index contributed by atoms with van der Waals surface area (Å²) in [4.78, 5) is 15.7. The number of hydrogen-bond acceptors (Lipinski definition) is 3. The average molecular weight is 628 g/mol. The molecule has 0 saturated heterocycles. The van der Waals surface area contributed by atoms with E-state index in [9.17, 15) is 0 Å². The fourth-order valence-corrected chi connectivity index (χ4v) is 7.49. The van der Waals surface area contributed by atoms with Gasteiger partial charge in [-0.05, 0) is 59.7 Å². The summed E-state index contributed by atoms with van der Waals surface area (Å²) >= 11 is 0. The van der Waals surface area contributed by atoms with Crippen LogP contribution in [0.5, 0.6) is 0 Å². The highest BCUT2D eigenvalue weighted by Gasteiger charge is 2.24. The van der Waals surface area contributed by atoms with Gasteiger partial charge in [-0.15, -0.1) is 0 Å². The molecule has 0 saturated carbocycles. The van der Waals surface area contributed by atoms with Crippen molar-refractivity contribution in [2.75, 3.05) is 0 Å². The Labute approximate surface area is 282 Å². The van der Waals surface area contributed by atoms with Gasteiger partial charge in [0, 0.05) is 38.4 Å². The first-order valence-electron chi connectivity index (χ1n) is 16.6. The maximum absolute atomic E-state index is 5.30.